The fraction of sp³-hybridized carbons (Fsp3) is 0.615. The van der Waals surface area contributed by atoms with E-state index in [1.54, 1.807) is 6.92 Å². The second-order valence-corrected chi connectivity index (χ2v) is 11.4. The zero-order valence-electron chi connectivity index (χ0n) is 21.1. The van der Waals surface area contributed by atoms with E-state index in [-0.39, 0.29) is 28.9 Å². The van der Waals surface area contributed by atoms with Crippen LogP contribution in [0.25, 0.3) is 0 Å². The first-order valence-corrected chi connectivity index (χ1v) is 13.1. The normalized spacial score (nSPS) is 22.2. The highest BCUT2D eigenvalue weighted by molar-refractivity contribution is 7.09. The molecule has 2 saturated heterocycles. The molecule has 10 heteroatoms. The van der Waals surface area contributed by atoms with E-state index in [0.29, 0.717) is 24.6 Å². The molecule has 0 bridgehead atoms. The minimum atomic E-state index is -4.60. The van der Waals surface area contributed by atoms with Gasteiger partial charge in [-0.05, 0) is 56.2 Å². The number of halogens is 3. The first-order valence-electron chi connectivity index (χ1n) is 12.3. The molecule has 0 spiro atoms. The molecule has 0 saturated carbocycles. The van der Waals surface area contributed by atoms with Crippen molar-refractivity contribution in [2.75, 3.05) is 13.2 Å². The topological polar surface area (TPSA) is 62.0 Å². The summed E-state index contributed by atoms with van der Waals surface area (Å²) in [6.45, 7) is 9.82. The molecule has 2 aromatic rings. The number of carbonyl (C=O) groups is 1. The van der Waals surface area contributed by atoms with Crippen LogP contribution in [0.15, 0.2) is 29.4 Å². The summed E-state index contributed by atoms with van der Waals surface area (Å²) in [6.07, 6.45) is 0.351. The molecule has 0 aliphatic carbocycles. The summed E-state index contributed by atoms with van der Waals surface area (Å²) in [7, 11) is 0. The maximum atomic E-state index is 13.5. The average Bonchev–Trinajstić information content (AvgIpc) is 3.56. The molecule has 198 valence electrons. The number of carbonyl (C=O) groups excluding carboxylic acids is 1. The standard InChI is InChI=1S/C26H33F3N2O4S/c1-16(20-8-6-12-34-20)35-21-10-9-17(26(27,28)29)13-19(21)23(32)30-24-31(14-18-7-5-11-33-18)15-22(36-24)25(2,3)4/h9-10,13,15-16,18,20H,5-8,11-12,14H2,1-4H3/b30-24-/t16?,18-,20?/m1/s1. The van der Waals surface area contributed by atoms with E-state index in [9.17, 15) is 18.0 Å². The Bertz CT molecular complexity index is 1140. The summed E-state index contributed by atoms with van der Waals surface area (Å²) in [4.78, 5) is 19.1. The molecule has 6 nitrogen and oxygen atoms in total. The fourth-order valence-electron chi connectivity index (χ4n) is 4.32. The van der Waals surface area contributed by atoms with E-state index in [2.05, 4.69) is 25.8 Å². The molecule has 3 atom stereocenters. The van der Waals surface area contributed by atoms with E-state index in [1.165, 1.54) is 17.4 Å². The molecule has 2 aliphatic rings. The van der Waals surface area contributed by atoms with E-state index in [4.69, 9.17) is 14.2 Å². The highest BCUT2D eigenvalue weighted by Crippen LogP contribution is 2.34. The third-order valence-electron chi connectivity index (χ3n) is 6.42. The number of ether oxygens (including phenoxy) is 3. The van der Waals surface area contributed by atoms with Crippen molar-refractivity contribution in [2.24, 2.45) is 4.99 Å². The molecule has 3 heterocycles. The predicted molar refractivity (Wildman–Crippen MR) is 130 cm³/mol. The van der Waals surface area contributed by atoms with Crippen LogP contribution in [0.2, 0.25) is 0 Å². The van der Waals surface area contributed by atoms with Gasteiger partial charge in [-0.25, -0.2) is 0 Å². The Morgan fingerprint density at radius 3 is 2.53 bits per heavy atom. The predicted octanol–water partition coefficient (Wildman–Crippen LogP) is 5.73. The largest absolute Gasteiger partial charge is 0.487 e. The van der Waals surface area contributed by atoms with Gasteiger partial charge < -0.3 is 18.8 Å². The molecule has 4 rings (SSSR count). The number of hydrogen-bond donors (Lipinski definition) is 0. The number of hydrogen-bond acceptors (Lipinski definition) is 5. The summed E-state index contributed by atoms with van der Waals surface area (Å²) < 4.78 is 59.8. The lowest BCUT2D eigenvalue weighted by atomic mass is 9.95. The van der Waals surface area contributed by atoms with Gasteiger partial charge in [-0.1, -0.05) is 20.8 Å². The van der Waals surface area contributed by atoms with Gasteiger partial charge in [0.25, 0.3) is 5.91 Å². The van der Waals surface area contributed by atoms with Crippen LogP contribution >= 0.6 is 11.3 Å². The van der Waals surface area contributed by atoms with Gasteiger partial charge in [-0.2, -0.15) is 18.2 Å². The van der Waals surface area contributed by atoms with Crippen molar-refractivity contribution in [3.05, 3.63) is 45.2 Å². The smallest absolute Gasteiger partial charge is 0.416 e. The van der Waals surface area contributed by atoms with Crippen LogP contribution in [-0.4, -0.2) is 42.0 Å². The molecular formula is C26H33F3N2O4S. The van der Waals surface area contributed by atoms with Crippen LogP contribution in [0.1, 0.15) is 74.2 Å². The van der Waals surface area contributed by atoms with E-state index in [0.717, 1.165) is 42.7 Å². The highest BCUT2D eigenvalue weighted by Gasteiger charge is 2.33. The van der Waals surface area contributed by atoms with Crippen LogP contribution in [0, 0.1) is 0 Å². The number of alkyl halides is 3. The Balaban J connectivity index is 1.72. The Hall–Kier alpha value is -2.17. The highest BCUT2D eigenvalue weighted by atomic mass is 32.1. The van der Waals surface area contributed by atoms with Gasteiger partial charge in [0.1, 0.15) is 11.9 Å². The SMILES string of the molecule is CC(Oc1ccc(C(F)(F)F)cc1C(=O)/N=c1\sc(C(C)(C)C)cn1C[C@H]1CCCO1)C1CCCO1. The maximum Gasteiger partial charge on any atom is 0.416 e. The Labute approximate surface area is 213 Å². The average molecular weight is 527 g/mol. The van der Waals surface area contributed by atoms with E-state index >= 15 is 0 Å². The lowest BCUT2D eigenvalue weighted by molar-refractivity contribution is -0.137. The quantitative estimate of drug-likeness (QED) is 0.482. The van der Waals surface area contributed by atoms with Gasteiger partial charge in [0.15, 0.2) is 4.80 Å². The van der Waals surface area contributed by atoms with Crippen LogP contribution in [0.5, 0.6) is 5.75 Å². The van der Waals surface area contributed by atoms with Crippen LogP contribution in [-0.2, 0) is 27.6 Å². The van der Waals surface area contributed by atoms with Gasteiger partial charge in [0.05, 0.1) is 29.9 Å². The van der Waals surface area contributed by atoms with Crippen molar-refractivity contribution in [1.29, 1.82) is 0 Å². The number of aromatic nitrogens is 1. The van der Waals surface area contributed by atoms with Crippen LogP contribution in [0.3, 0.4) is 0 Å². The van der Waals surface area contributed by atoms with Crippen molar-refractivity contribution in [1.82, 2.24) is 4.57 Å². The molecule has 1 aromatic heterocycles. The molecule has 2 fully saturated rings. The monoisotopic (exact) mass is 526 g/mol. The first kappa shape index (κ1) is 26.9. The lowest BCUT2D eigenvalue weighted by Crippen LogP contribution is -2.29. The molecular weight excluding hydrogens is 493 g/mol. The van der Waals surface area contributed by atoms with E-state index < -0.39 is 23.8 Å². The van der Waals surface area contributed by atoms with Gasteiger partial charge >= 0.3 is 6.18 Å². The number of benzene rings is 1. The van der Waals surface area contributed by atoms with E-state index in [1.807, 2.05) is 10.8 Å². The van der Waals surface area contributed by atoms with Crippen LogP contribution < -0.4 is 9.54 Å². The van der Waals surface area contributed by atoms with Gasteiger partial charge in [0.2, 0.25) is 0 Å². The molecule has 2 aliphatic heterocycles. The van der Waals surface area contributed by atoms with Gasteiger partial charge in [0, 0.05) is 24.3 Å². The summed E-state index contributed by atoms with van der Waals surface area (Å²) in [5.74, 6) is -0.711. The summed E-state index contributed by atoms with van der Waals surface area (Å²) in [5.41, 5.74) is -1.32. The third-order valence-corrected chi connectivity index (χ3v) is 7.87. The lowest BCUT2D eigenvalue weighted by Gasteiger charge is -2.22. The van der Waals surface area contributed by atoms with Crippen molar-refractivity contribution in [2.45, 2.75) is 89.8 Å². The summed E-state index contributed by atoms with van der Waals surface area (Å²) >= 11 is 1.36. The second kappa shape index (κ2) is 10.7. The molecule has 0 radical (unpaired) electrons. The number of rotatable bonds is 6. The van der Waals surface area contributed by atoms with Gasteiger partial charge in [-0.3, -0.25) is 4.79 Å². The minimum Gasteiger partial charge on any atom is -0.487 e. The first-order chi connectivity index (χ1) is 16.9. The summed E-state index contributed by atoms with van der Waals surface area (Å²) in [5, 5.41) is 0. The van der Waals surface area contributed by atoms with Crippen molar-refractivity contribution < 1.29 is 32.2 Å². The molecule has 2 unspecified atom stereocenters. The fourth-order valence-corrected chi connectivity index (χ4v) is 5.38. The Morgan fingerprint density at radius 2 is 1.92 bits per heavy atom. The summed E-state index contributed by atoms with van der Waals surface area (Å²) in [6, 6.07) is 2.95. The Morgan fingerprint density at radius 1 is 1.19 bits per heavy atom. The molecule has 1 aromatic carbocycles. The Kier molecular flexibility index (Phi) is 7.97. The van der Waals surface area contributed by atoms with Crippen molar-refractivity contribution in [3.63, 3.8) is 0 Å². The maximum absolute atomic E-state index is 13.5. The number of thiazole rings is 1. The third kappa shape index (κ3) is 6.39. The van der Waals surface area contributed by atoms with Crippen LogP contribution in [0.4, 0.5) is 13.2 Å². The van der Waals surface area contributed by atoms with Crippen molar-refractivity contribution >= 4 is 17.2 Å². The molecule has 1 amide bonds. The zero-order valence-corrected chi connectivity index (χ0v) is 21.9. The second-order valence-electron chi connectivity index (χ2n) is 10.4. The zero-order chi connectivity index (χ0) is 26.1. The molecule has 0 N–H and O–H groups in total. The van der Waals surface area contributed by atoms with Gasteiger partial charge in [-0.15, -0.1) is 11.3 Å². The number of amides is 1. The number of nitrogens with zero attached hydrogens (tertiary/aromatic N) is 2. The molecule has 36 heavy (non-hydrogen) atoms. The van der Waals surface area contributed by atoms with Crippen molar-refractivity contribution in [3.8, 4) is 5.75 Å². The minimum absolute atomic E-state index is 0.0150.